The molecule has 3 heteroatoms. The molecule has 0 spiro atoms. The molecule has 2 rings (SSSR count). The van der Waals surface area contributed by atoms with Crippen LogP contribution < -0.4 is 0 Å². The number of aliphatic hydroxyl groups excluding tert-OH is 1. The zero-order valence-electron chi connectivity index (χ0n) is 13.3. The first-order valence-corrected chi connectivity index (χ1v) is 7.99. The SMILES string of the molecule is CC(C)C(CC(=O)N1CCC(C(C)O)C1)c1ccccc1. The monoisotopic (exact) mass is 289 g/mol. The lowest BCUT2D eigenvalue weighted by Gasteiger charge is -2.24. The minimum atomic E-state index is -0.321. The predicted molar refractivity (Wildman–Crippen MR) is 85.0 cm³/mol. The third-order valence-electron chi connectivity index (χ3n) is 4.69. The zero-order valence-corrected chi connectivity index (χ0v) is 13.3. The highest BCUT2D eigenvalue weighted by molar-refractivity contribution is 5.77. The second-order valence-electron chi connectivity index (χ2n) is 6.59. The van der Waals surface area contributed by atoms with Crippen molar-refractivity contribution in [1.29, 1.82) is 0 Å². The summed E-state index contributed by atoms with van der Waals surface area (Å²) in [6.45, 7) is 7.66. The van der Waals surface area contributed by atoms with Gasteiger partial charge in [-0.2, -0.15) is 0 Å². The third-order valence-corrected chi connectivity index (χ3v) is 4.69. The van der Waals surface area contributed by atoms with Gasteiger partial charge in [0.15, 0.2) is 0 Å². The second kappa shape index (κ2) is 7.08. The van der Waals surface area contributed by atoms with Gasteiger partial charge in [0.1, 0.15) is 0 Å². The van der Waals surface area contributed by atoms with E-state index in [0.717, 1.165) is 13.0 Å². The van der Waals surface area contributed by atoms with E-state index in [1.807, 2.05) is 30.0 Å². The molecule has 0 radical (unpaired) electrons. The highest BCUT2D eigenvalue weighted by atomic mass is 16.3. The topological polar surface area (TPSA) is 40.5 Å². The maximum Gasteiger partial charge on any atom is 0.223 e. The van der Waals surface area contributed by atoms with Gasteiger partial charge in [-0.15, -0.1) is 0 Å². The number of amides is 1. The first kappa shape index (κ1) is 16.0. The van der Waals surface area contributed by atoms with Crippen LogP contribution in [0.1, 0.15) is 45.1 Å². The van der Waals surface area contributed by atoms with Crippen LogP contribution in [0.15, 0.2) is 30.3 Å². The van der Waals surface area contributed by atoms with Crippen LogP contribution in [-0.2, 0) is 4.79 Å². The number of likely N-dealkylation sites (tertiary alicyclic amines) is 1. The maximum absolute atomic E-state index is 12.5. The van der Waals surface area contributed by atoms with Crippen LogP contribution in [0, 0.1) is 11.8 Å². The van der Waals surface area contributed by atoms with Crippen LogP contribution in [-0.4, -0.2) is 35.1 Å². The first-order valence-electron chi connectivity index (χ1n) is 7.99. The Morgan fingerprint density at radius 3 is 2.48 bits per heavy atom. The molecule has 0 bridgehead atoms. The Bertz CT molecular complexity index is 456. The normalized spacial score (nSPS) is 21.6. The van der Waals surface area contributed by atoms with Gasteiger partial charge >= 0.3 is 0 Å². The van der Waals surface area contributed by atoms with E-state index >= 15 is 0 Å². The Kier molecular flexibility index (Phi) is 5.40. The molecule has 1 amide bonds. The number of aliphatic hydroxyl groups is 1. The molecular formula is C18H27NO2. The van der Waals surface area contributed by atoms with Crippen LogP contribution >= 0.6 is 0 Å². The molecule has 0 aromatic heterocycles. The molecule has 0 saturated carbocycles. The van der Waals surface area contributed by atoms with Crippen LogP contribution in [0.3, 0.4) is 0 Å². The minimum absolute atomic E-state index is 0.223. The van der Waals surface area contributed by atoms with Gasteiger partial charge in [0.2, 0.25) is 5.91 Å². The van der Waals surface area contributed by atoms with E-state index in [1.165, 1.54) is 5.56 Å². The highest BCUT2D eigenvalue weighted by Gasteiger charge is 2.30. The summed E-state index contributed by atoms with van der Waals surface area (Å²) in [7, 11) is 0. The number of hydrogen-bond acceptors (Lipinski definition) is 2. The fraction of sp³-hybridized carbons (Fsp3) is 0.611. The Hall–Kier alpha value is -1.35. The number of carbonyl (C=O) groups is 1. The lowest BCUT2D eigenvalue weighted by molar-refractivity contribution is -0.131. The predicted octanol–water partition coefficient (Wildman–Crippen LogP) is 3.05. The van der Waals surface area contributed by atoms with E-state index in [2.05, 4.69) is 26.0 Å². The van der Waals surface area contributed by atoms with E-state index in [1.54, 1.807) is 0 Å². The van der Waals surface area contributed by atoms with Gasteiger partial charge in [-0.05, 0) is 30.7 Å². The minimum Gasteiger partial charge on any atom is -0.393 e. The molecule has 3 nitrogen and oxygen atoms in total. The van der Waals surface area contributed by atoms with Gasteiger partial charge in [-0.25, -0.2) is 0 Å². The van der Waals surface area contributed by atoms with Crippen LogP contribution in [0.5, 0.6) is 0 Å². The molecular weight excluding hydrogens is 262 g/mol. The van der Waals surface area contributed by atoms with Crippen LogP contribution in [0.25, 0.3) is 0 Å². The summed E-state index contributed by atoms with van der Waals surface area (Å²) in [5, 5.41) is 9.66. The van der Waals surface area contributed by atoms with E-state index in [-0.39, 0.29) is 23.8 Å². The number of nitrogens with zero attached hydrogens (tertiary/aromatic N) is 1. The standard InChI is InChI=1S/C18H27NO2/c1-13(2)17(15-7-5-4-6-8-15)11-18(21)19-10-9-16(12-19)14(3)20/h4-8,13-14,16-17,20H,9-12H2,1-3H3. The summed E-state index contributed by atoms with van der Waals surface area (Å²) in [5.41, 5.74) is 1.24. The van der Waals surface area contributed by atoms with Crippen LogP contribution in [0.4, 0.5) is 0 Å². The first-order chi connectivity index (χ1) is 9.99. The number of benzene rings is 1. The summed E-state index contributed by atoms with van der Waals surface area (Å²) in [6.07, 6.45) is 1.16. The van der Waals surface area contributed by atoms with Gasteiger partial charge in [0.05, 0.1) is 6.10 Å². The molecule has 21 heavy (non-hydrogen) atoms. The smallest absolute Gasteiger partial charge is 0.223 e. The van der Waals surface area contributed by atoms with Crippen molar-refractivity contribution in [3.63, 3.8) is 0 Å². The fourth-order valence-corrected chi connectivity index (χ4v) is 3.16. The summed E-state index contributed by atoms with van der Waals surface area (Å²) in [6, 6.07) is 10.3. The second-order valence-corrected chi connectivity index (χ2v) is 6.59. The molecule has 1 N–H and O–H groups in total. The van der Waals surface area contributed by atoms with Crippen molar-refractivity contribution in [2.45, 2.75) is 45.6 Å². The van der Waals surface area contributed by atoms with E-state index in [9.17, 15) is 9.90 Å². The van der Waals surface area contributed by atoms with Crippen molar-refractivity contribution < 1.29 is 9.90 Å². The molecule has 1 fully saturated rings. The molecule has 1 aliphatic rings. The largest absolute Gasteiger partial charge is 0.393 e. The van der Waals surface area contributed by atoms with E-state index in [4.69, 9.17) is 0 Å². The van der Waals surface area contributed by atoms with Crippen molar-refractivity contribution in [1.82, 2.24) is 4.90 Å². The van der Waals surface area contributed by atoms with Crippen molar-refractivity contribution in [3.05, 3.63) is 35.9 Å². The van der Waals surface area contributed by atoms with Crippen LogP contribution in [0.2, 0.25) is 0 Å². The molecule has 3 atom stereocenters. The molecule has 1 aliphatic heterocycles. The van der Waals surface area contributed by atoms with Gasteiger partial charge in [-0.3, -0.25) is 4.79 Å². The van der Waals surface area contributed by atoms with Crippen molar-refractivity contribution >= 4 is 5.91 Å². The van der Waals surface area contributed by atoms with Gasteiger partial charge in [0.25, 0.3) is 0 Å². The average Bonchev–Trinajstić information content (AvgIpc) is 2.95. The molecule has 1 aromatic rings. The zero-order chi connectivity index (χ0) is 15.4. The third kappa shape index (κ3) is 4.07. The molecule has 3 unspecified atom stereocenters. The Morgan fingerprint density at radius 2 is 1.95 bits per heavy atom. The number of carbonyl (C=O) groups excluding carboxylic acids is 1. The fourth-order valence-electron chi connectivity index (χ4n) is 3.16. The highest BCUT2D eigenvalue weighted by Crippen LogP contribution is 2.30. The van der Waals surface area contributed by atoms with Gasteiger partial charge in [0, 0.05) is 25.4 Å². The van der Waals surface area contributed by atoms with E-state index < -0.39 is 0 Å². The quantitative estimate of drug-likeness (QED) is 0.905. The molecule has 1 saturated heterocycles. The Morgan fingerprint density at radius 1 is 1.29 bits per heavy atom. The van der Waals surface area contributed by atoms with E-state index in [0.29, 0.717) is 18.9 Å². The molecule has 1 aromatic carbocycles. The van der Waals surface area contributed by atoms with Crippen molar-refractivity contribution in [3.8, 4) is 0 Å². The van der Waals surface area contributed by atoms with Gasteiger partial charge < -0.3 is 10.0 Å². The lowest BCUT2D eigenvalue weighted by atomic mass is 9.85. The van der Waals surface area contributed by atoms with Gasteiger partial charge in [-0.1, -0.05) is 44.2 Å². The summed E-state index contributed by atoms with van der Waals surface area (Å²) < 4.78 is 0. The summed E-state index contributed by atoms with van der Waals surface area (Å²) in [4.78, 5) is 14.5. The number of rotatable bonds is 5. The average molecular weight is 289 g/mol. The molecule has 0 aliphatic carbocycles. The maximum atomic E-state index is 12.5. The van der Waals surface area contributed by atoms with Crippen molar-refractivity contribution in [2.24, 2.45) is 11.8 Å². The molecule has 1 heterocycles. The Balaban J connectivity index is 2.00. The van der Waals surface area contributed by atoms with Crippen molar-refractivity contribution in [2.75, 3.05) is 13.1 Å². The summed E-state index contributed by atoms with van der Waals surface area (Å²) in [5.74, 6) is 1.17. The summed E-state index contributed by atoms with van der Waals surface area (Å²) >= 11 is 0. The molecule has 116 valence electrons. The Labute approximate surface area is 128 Å². The number of hydrogen-bond donors (Lipinski definition) is 1. The lowest BCUT2D eigenvalue weighted by Crippen LogP contribution is -2.32.